The van der Waals surface area contributed by atoms with E-state index < -0.39 is 73.7 Å². The van der Waals surface area contributed by atoms with Crippen LogP contribution in [0.15, 0.2) is 0 Å². The van der Waals surface area contributed by atoms with E-state index in [0.29, 0.717) is 0 Å². The summed E-state index contributed by atoms with van der Waals surface area (Å²) in [6.45, 7) is -3.75. The van der Waals surface area contributed by atoms with E-state index in [9.17, 15) is 65.9 Å². The first kappa shape index (κ1) is 26.9. The standard InChI is InChI=1S/C12H9F15O3/c13-6(14,5(1-2-28)29-3-4-30-5)7(15,16)8(17,18)9(19,20)10(21,22)11(23,24)12(25,26)27/h28H,1-4H2. The summed E-state index contributed by atoms with van der Waals surface area (Å²) < 4.78 is 205. The topological polar surface area (TPSA) is 38.7 Å². The molecule has 0 aliphatic carbocycles. The average molecular weight is 486 g/mol. The number of halogens is 15. The minimum Gasteiger partial charge on any atom is -0.396 e. The van der Waals surface area contributed by atoms with E-state index in [2.05, 4.69) is 9.47 Å². The Bertz CT molecular complexity index is 621. The zero-order chi connectivity index (χ0) is 24.2. The molecule has 0 amide bonds. The summed E-state index contributed by atoms with van der Waals surface area (Å²) in [4.78, 5) is 0. The van der Waals surface area contributed by atoms with Crippen molar-refractivity contribution in [3.8, 4) is 0 Å². The highest BCUT2D eigenvalue weighted by Gasteiger charge is 2.95. The highest BCUT2D eigenvalue weighted by Crippen LogP contribution is 2.64. The van der Waals surface area contributed by atoms with Crippen LogP contribution in [-0.4, -0.2) is 72.4 Å². The predicted octanol–water partition coefficient (Wildman–Crippen LogP) is 4.49. The first-order valence-corrected chi connectivity index (χ1v) is 7.24. The van der Waals surface area contributed by atoms with Crippen molar-refractivity contribution in [2.45, 2.75) is 53.9 Å². The molecule has 0 bridgehead atoms. The fourth-order valence-corrected chi connectivity index (χ4v) is 2.29. The quantitative estimate of drug-likeness (QED) is 0.515. The lowest BCUT2D eigenvalue weighted by atomic mass is 9.87. The Morgan fingerprint density at radius 2 is 0.900 bits per heavy atom. The number of aliphatic hydroxyl groups excluding tert-OH is 1. The molecule has 18 heteroatoms. The van der Waals surface area contributed by atoms with Crippen LogP contribution in [0.25, 0.3) is 0 Å². The van der Waals surface area contributed by atoms with Gasteiger partial charge >= 0.3 is 41.7 Å². The van der Waals surface area contributed by atoms with Crippen LogP contribution in [0.3, 0.4) is 0 Å². The number of hydrogen-bond donors (Lipinski definition) is 1. The molecule has 0 aromatic carbocycles. The molecule has 0 saturated carbocycles. The molecule has 0 aromatic rings. The smallest absolute Gasteiger partial charge is 0.396 e. The fraction of sp³-hybridized carbons (Fsp3) is 1.00. The fourth-order valence-electron chi connectivity index (χ4n) is 2.29. The van der Waals surface area contributed by atoms with E-state index in [0.717, 1.165) is 0 Å². The molecule has 0 spiro atoms. The Balaban J connectivity index is 3.63. The van der Waals surface area contributed by atoms with Crippen LogP contribution in [-0.2, 0) is 9.47 Å². The van der Waals surface area contributed by atoms with Crippen LogP contribution in [0, 0.1) is 0 Å². The first-order valence-electron chi connectivity index (χ1n) is 7.24. The van der Waals surface area contributed by atoms with Crippen molar-refractivity contribution >= 4 is 0 Å². The Labute approximate surface area is 155 Å². The molecule has 1 fully saturated rings. The highest BCUT2D eigenvalue weighted by atomic mass is 19.4. The maximum atomic E-state index is 14.1. The molecular weight excluding hydrogens is 477 g/mol. The van der Waals surface area contributed by atoms with Gasteiger partial charge in [-0.05, 0) is 0 Å². The maximum Gasteiger partial charge on any atom is 0.460 e. The number of alkyl halides is 15. The van der Waals surface area contributed by atoms with E-state index in [1.807, 2.05) is 0 Å². The molecule has 0 radical (unpaired) electrons. The van der Waals surface area contributed by atoms with E-state index in [-0.39, 0.29) is 0 Å². The highest BCUT2D eigenvalue weighted by molar-refractivity contribution is 5.15. The number of hydrogen-bond acceptors (Lipinski definition) is 3. The van der Waals surface area contributed by atoms with Gasteiger partial charge in [0.05, 0.1) is 13.2 Å². The second-order valence-electron chi connectivity index (χ2n) is 5.87. The number of aliphatic hydroxyl groups is 1. The molecule has 1 aliphatic rings. The third-order valence-corrected chi connectivity index (χ3v) is 4.00. The van der Waals surface area contributed by atoms with Gasteiger partial charge in [-0.1, -0.05) is 0 Å². The second kappa shape index (κ2) is 7.18. The van der Waals surface area contributed by atoms with Crippen LogP contribution in [0.2, 0.25) is 0 Å². The van der Waals surface area contributed by atoms with Crippen molar-refractivity contribution in [3.63, 3.8) is 0 Å². The van der Waals surface area contributed by atoms with Gasteiger partial charge in [0.15, 0.2) is 0 Å². The molecular formula is C12H9F15O3. The lowest BCUT2D eigenvalue weighted by molar-refractivity contribution is -0.468. The minimum atomic E-state index is -8.38. The maximum absolute atomic E-state index is 14.1. The lowest BCUT2D eigenvalue weighted by Crippen LogP contribution is -2.75. The number of ether oxygens (including phenoxy) is 2. The van der Waals surface area contributed by atoms with E-state index >= 15 is 0 Å². The molecule has 30 heavy (non-hydrogen) atoms. The Morgan fingerprint density at radius 1 is 0.567 bits per heavy atom. The van der Waals surface area contributed by atoms with Gasteiger partial charge in [-0.2, -0.15) is 65.9 Å². The van der Waals surface area contributed by atoms with Crippen LogP contribution in [0.5, 0.6) is 0 Å². The zero-order valence-electron chi connectivity index (χ0n) is 13.8. The van der Waals surface area contributed by atoms with Crippen molar-refractivity contribution in [1.29, 1.82) is 0 Å². The first-order chi connectivity index (χ1) is 13.0. The van der Waals surface area contributed by atoms with Crippen LogP contribution in [0.4, 0.5) is 65.9 Å². The average Bonchev–Trinajstić information content (AvgIpc) is 3.03. The van der Waals surface area contributed by atoms with Crippen molar-refractivity contribution in [2.75, 3.05) is 19.8 Å². The van der Waals surface area contributed by atoms with E-state index in [1.54, 1.807) is 0 Å². The van der Waals surface area contributed by atoms with Crippen molar-refractivity contribution < 1.29 is 80.4 Å². The molecule has 1 saturated heterocycles. The van der Waals surface area contributed by atoms with Gasteiger partial charge in [-0.3, -0.25) is 0 Å². The largest absolute Gasteiger partial charge is 0.460 e. The minimum absolute atomic E-state index is 1.07. The summed E-state index contributed by atoms with van der Waals surface area (Å²) in [5, 5.41) is 8.59. The van der Waals surface area contributed by atoms with Gasteiger partial charge in [0.2, 0.25) is 5.79 Å². The summed E-state index contributed by atoms with van der Waals surface area (Å²) in [5.74, 6) is -51.8. The summed E-state index contributed by atoms with van der Waals surface area (Å²) >= 11 is 0. The molecule has 3 nitrogen and oxygen atoms in total. The monoisotopic (exact) mass is 486 g/mol. The van der Waals surface area contributed by atoms with Gasteiger partial charge in [0.25, 0.3) is 0 Å². The van der Waals surface area contributed by atoms with Gasteiger partial charge in [-0.15, -0.1) is 0 Å². The van der Waals surface area contributed by atoms with Crippen molar-refractivity contribution in [1.82, 2.24) is 0 Å². The normalized spacial score (nSPS) is 20.0. The Hall–Kier alpha value is -1.17. The predicted molar refractivity (Wildman–Crippen MR) is 62.1 cm³/mol. The second-order valence-corrected chi connectivity index (χ2v) is 5.87. The molecule has 1 aliphatic heterocycles. The molecule has 1 rings (SSSR count). The summed E-state index contributed by atoms with van der Waals surface area (Å²) in [6, 6.07) is 0. The number of rotatable bonds is 8. The summed E-state index contributed by atoms with van der Waals surface area (Å²) in [6.07, 6.45) is -9.49. The molecule has 1 heterocycles. The molecule has 0 unspecified atom stereocenters. The van der Waals surface area contributed by atoms with Gasteiger partial charge in [-0.25, -0.2) is 0 Å². The molecule has 0 atom stereocenters. The van der Waals surface area contributed by atoms with E-state index in [4.69, 9.17) is 5.11 Å². The van der Waals surface area contributed by atoms with Gasteiger partial charge < -0.3 is 14.6 Å². The molecule has 180 valence electrons. The van der Waals surface area contributed by atoms with Crippen LogP contribution in [0.1, 0.15) is 6.42 Å². The molecule has 1 N–H and O–H groups in total. The summed E-state index contributed by atoms with van der Waals surface area (Å²) in [5.41, 5.74) is 0. The van der Waals surface area contributed by atoms with Gasteiger partial charge in [0, 0.05) is 13.0 Å². The lowest BCUT2D eigenvalue weighted by Gasteiger charge is -2.45. The Morgan fingerprint density at radius 3 is 1.23 bits per heavy atom. The van der Waals surface area contributed by atoms with Crippen molar-refractivity contribution in [3.05, 3.63) is 0 Å². The zero-order valence-corrected chi connectivity index (χ0v) is 13.8. The SMILES string of the molecule is OCCC1(C(F)(F)C(F)(F)C(F)(F)C(F)(F)C(F)(F)C(F)(F)C(F)(F)F)OCCO1. The van der Waals surface area contributed by atoms with Crippen LogP contribution >= 0.6 is 0 Å². The van der Waals surface area contributed by atoms with Crippen molar-refractivity contribution in [2.24, 2.45) is 0 Å². The molecule has 0 aromatic heterocycles. The third-order valence-electron chi connectivity index (χ3n) is 4.00. The third kappa shape index (κ3) is 3.20. The van der Waals surface area contributed by atoms with Gasteiger partial charge in [0.1, 0.15) is 0 Å². The Kier molecular flexibility index (Phi) is 6.43. The van der Waals surface area contributed by atoms with Crippen LogP contribution < -0.4 is 0 Å². The van der Waals surface area contributed by atoms with E-state index in [1.165, 1.54) is 0 Å². The summed E-state index contributed by atoms with van der Waals surface area (Å²) in [7, 11) is 0.